The van der Waals surface area contributed by atoms with Crippen LogP contribution in [0.3, 0.4) is 0 Å². The summed E-state index contributed by atoms with van der Waals surface area (Å²) in [5.74, 6) is 1.06. The average Bonchev–Trinajstić information content (AvgIpc) is 3.48. The summed E-state index contributed by atoms with van der Waals surface area (Å²) < 4.78 is 11.9. The number of hydrogen-bond donors (Lipinski definition) is 1. The van der Waals surface area contributed by atoms with Crippen LogP contribution in [0, 0.1) is 6.92 Å². The molecule has 4 aliphatic heterocycles. The van der Waals surface area contributed by atoms with Gasteiger partial charge in [0.25, 0.3) is 0 Å². The van der Waals surface area contributed by atoms with E-state index in [9.17, 15) is 4.79 Å². The molecule has 4 fully saturated rings. The molecule has 0 spiro atoms. The lowest BCUT2D eigenvalue weighted by molar-refractivity contribution is 0.0483. The number of hydrogen-bond acceptors (Lipinski definition) is 8. The van der Waals surface area contributed by atoms with Crippen molar-refractivity contribution in [2.45, 2.75) is 82.5 Å². The molecule has 1 aromatic heterocycles. The Labute approximate surface area is 203 Å². The molecule has 3 unspecified atom stereocenters. The number of fused-ring (bicyclic) bond motifs is 3. The van der Waals surface area contributed by atoms with Crippen molar-refractivity contribution in [3.05, 3.63) is 11.3 Å². The van der Waals surface area contributed by atoms with E-state index in [1.807, 2.05) is 0 Å². The van der Waals surface area contributed by atoms with E-state index in [4.69, 9.17) is 19.4 Å². The summed E-state index contributed by atoms with van der Waals surface area (Å²) >= 11 is 0. The van der Waals surface area contributed by atoms with Crippen molar-refractivity contribution in [3.8, 4) is 6.01 Å². The zero-order chi connectivity index (χ0) is 23.9. The highest BCUT2D eigenvalue weighted by molar-refractivity contribution is 5.66. The molecule has 34 heavy (non-hydrogen) atoms. The molecule has 0 aliphatic carbocycles. The maximum atomic E-state index is 11.9. The summed E-state index contributed by atoms with van der Waals surface area (Å²) in [5, 5.41) is 3.72. The van der Waals surface area contributed by atoms with Crippen LogP contribution in [0.2, 0.25) is 0 Å². The van der Waals surface area contributed by atoms with Gasteiger partial charge in [0.15, 0.2) is 0 Å². The molecule has 2 bridgehead atoms. The van der Waals surface area contributed by atoms with Crippen LogP contribution < -0.4 is 15.0 Å². The Kier molecular flexibility index (Phi) is 6.59. The topological polar surface area (TPSA) is 83.1 Å². The number of amides is 1. The summed E-state index contributed by atoms with van der Waals surface area (Å²) in [6, 6.07) is 1.88. The molecule has 0 saturated carbocycles. The lowest BCUT2D eigenvalue weighted by Crippen LogP contribution is -2.51. The van der Waals surface area contributed by atoms with Crippen LogP contribution in [-0.4, -0.2) is 96.5 Å². The lowest BCUT2D eigenvalue weighted by Gasteiger charge is -2.36. The largest absolute Gasteiger partial charge is 0.461 e. The van der Waals surface area contributed by atoms with Crippen molar-refractivity contribution in [2.24, 2.45) is 0 Å². The average molecular weight is 473 g/mol. The van der Waals surface area contributed by atoms with Crippen LogP contribution in [0.4, 0.5) is 10.6 Å². The predicted molar refractivity (Wildman–Crippen MR) is 131 cm³/mol. The van der Waals surface area contributed by atoms with Crippen LogP contribution in [0.25, 0.3) is 0 Å². The number of piperazine rings is 1. The maximum Gasteiger partial charge on any atom is 0.409 e. The molecule has 188 valence electrons. The van der Waals surface area contributed by atoms with Crippen molar-refractivity contribution < 1.29 is 14.3 Å². The highest BCUT2D eigenvalue weighted by Crippen LogP contribution is 2.43. The fourth-order valence-electron chi connectivity index (χ4n) is 6.55. The third-order valence-electron chi connectivity index (χ3n) is 8.31. The molecule has 1 aromatic rings. The number of carbonyl (C=O) groups excluding carboxylic acids is 1. The SMILES string of the molecule is CCc1c(C)nc(OC[C@]23CCCN2C(COC(=O)N(C)C)CC3)nc1N1CC2CCC(C1)N2. The minimum atomic E-state index is -0.276. The van der Waals surface area contributed by atoms with Crippen molar-refractivity contribution in [1.82, 2.24) is 25.1 Å². The molecule has 5 heterocycles. The Morgan fingerprint density at radius 1 is 1.18 bits per heavy atom. The molecule has 4 saturated heterocycles. The van der Waals surface area contributed by atoms with Gasteiger partial charge in [0.2, 0.25) is 0 Å². The van der Waals surface area contributed by atoms with Crippen molar-refractivity contribution in [2.75, 3.05) is 51.8 Å². The van der Waals surface area contributed by atoms with E-state index >= 15 is 0 Å². The van der Waals surface area contributed by atoms with Gasteiger partial charge in [-0.1, -0.05) is 6.92 Å². The number of nitrogens with one attached hydrogen (secondary N) is 1. The molecule has 9 nitrogen and oxygen atoms in total. The number of carbonyl (C=O) groups is 1. The first-order chi connectivity index (χ1) is 16.4. The number of aromatic nitrogens is 2. The van der Waals surface area contributed by atoms with Gasteiger partial charge in [-0.2, -0.15) is 4.98 Å². The molecule has 9 heteroatoms. The van der Waals surface area contributed by atoms with Gasteiger partial charge in [-0.3, -0.25) is 4.90 Å². The van der Waals surface area contributed by atoms with Gasteiger partial charge in [0.05, 0.1) is 5.54 Å². The molecule has 1 N–H and O–H groups in total. The first-order valence-electron chi connectivity index (χ1n) is 13.0. The van der Waals surface area contributed by atoms with Gasteiger partial charge in [0.1, 0.15) is 19.0 Å². The zero-order valence-corrected chi connectivity index (χ0v) is 21.2. The van der Waals surface area contributed by atoms with Crippen LogP contribution in [0.5, 0.6) is 6.01 Å². The van der Waals surface area contributed by atoms with Crippen molar-refractivity contribution in [3.63, 3.8) is 0 Å². The van der Waals surface area contributed by atoms with Gasteiger partial charge in [0, 0.05) is 56.6 Å². The van der Waals surface area contributed by atoms with Gasteiger partial charge in [-0.15, -0.1) is 0 Å². The highest BCUT2D eigenvalue weighted by Gasteiger charge is 2.50. The van der Waals surface area contributed by atoms with Gasteiger partial charge in [-0.25, -0.2) is 9.78 Å². The maximum absolute atomic E-state index is 11.9. The zero-order valence-electron chi connectivity index (χ0n) is 21.2. The second-order valence-corrected chi connectivity index (χ2v) is 10.8. The number of rotatable bonds is 7. The van der Waals surface area contributed by atoms with Crippen LogP contribution in [0.1, 0.15) is 56.7 Å². The quantitative estimate of drug-likeness (QED) is 0.648. The Morgan fingerprint density at radius 2 is 1.94 bits per heavy atom. The van der Waals surface area contributed by atoms with Gasteiger partial charge in [-0.05, 0) is 58.4 Å². The number of aryl methyl sites for hydroxylation is 1. The Bertz CT molecular complexity index is 899. The summed E-state index contributed by atoms with van der Waals surface area (Å²) in [5.41, 5.74) is 2.25. The first-order valence-corrected chi connectivity index (χ1v) is 13.0. The summed E-state index contributed by atoms with van der Waals surface area (Å²) in [7, 11) is 3.44. The fourth-order valence-corrected chi connectivity index (χ4v) is 6.55. The third-order valence-corrected chi connectivity index (χ3v) is 8.31. The van der Waals surface area contributed by atoms with E-state index in [1.165, 1.54) is 23.3 Å². The normalized spacial score (nSPS) is 30.5. The van der Waals surface area contributed by atoms with E-state index in [0.29, 0.717) is 31.3 Å². The number of nitrogens with zero attached hydrogens (tertiary/aromatic N) is 5. The van der Waals surface area contributed by atoms with E-state index in [-0.39, 0.29) is 17.7 Å². The van der Waals surface area contributed by atoms with Crippen LogP contribution in [0.15, 0.2) is 0 Å². The van der Waals surface area contributed by atoms with Crippen molar-refractivity contribution in [1.29, 1.82) is 0 Å². The third kappa shape index (κ3) is 4.44. The van der Waals surface area contributed by atoms with Crippen LogP contribution in [-0.2, 0) is 11.2 Å². The smallest absolute Gasteiger partial charge is 0.409 e. The minimum absolute atomic E-state index is 0.00972. The van der Waals surface area contributed by atoms with Gasteiger partial charge >= 0.3 is 12.1 Å². The summed E-state index contributed by atoms with van der Waals surface area (Å²) in [4.78, 5) is 28.1. The second-order valence-electron chi connectivity index (χ2n) is 10.8. The number of ether oxygens (including phenoxy) is 2. The Hall–Kier alpha value is -2.13. The monoisotopic (exact) mass is 472 g/mol. The van der Waals surface area contributed by atoms with E-state index in [2.05, 4.69) is 29.0 Å². The number of anilines is 1. The molecule has 0 aromatic carbocycles. The second kappa shape index (κ2) is 9.49. The molecule has 0 radical (unpaired) electrons. The highest BCUT2D eigenvalue weighted by atomic mass is 16.6. The molecule has 4 aliphatic rings. The fraction of sp³-hybridized carbons (Fsp3) is 0.800. The Morgan fingerprint density at radius 3 is 2.65 bits per heavy atom. The van der Waals surface area contributed by atoms with E-state index in [1.54, 1.807) is 14.1 Å². The Balaban J connectivity index is 1.28. The van der Waals surface area contributed by atoms with E-state index in [0.717, 1.165) is 63.3 Å². The lowest BCUT2D eigenvalue weighted by atomic mass is 9.95. The molecular formula is C25H40N6O3. The van der Waals surface area contributed by atoms with E-state index < -0.39 is 0 Å². The molecule has 4 atom stereocenters. The van der Waals surface area contributed by atoms with Crippen LogP contribution >= 0.6 is 0 Å². The summed E-state index contributed by atoms with van der Waals surface area (Å²) in [6.45, 7) is 8.32. The van der Waals surface area contributed by atoms with Crippen molar-refractivity contribution >= 4 is 11.9 Å². The predicted octanol–water partition coefficient (Wildman–Crippen LogP) is 2.36. The standard InChI is InChI=1S/C25H40N6O3/c1-5-21-17(2)26-23(28-22(21)30-13-18-7-8-19(14-30)27-18)34-16-25-10-6-12-31(25)20(9-11-25)15-33-24(32)29(3)4/h18-20,27H,5-16H2,1-4H3/t18?,19?,20?,25-/m1/s1. The molecule has 1 amide bonds. The molecular weight excluding hydrogens is 432 g/mol. The minimum Gasteiger partial charge on any atom is -0.461 e. The first kappa shape index (κ1) is 23.6. The van der Waals surface area contributed by atoms with Gasteiger partial charge < -0.3 is 24.6 Å². The molecule has 5 rings (SSSR count). The summed E-state index contributed by atoms with van der Waals surface area (Å²) in [6.07, 6.45) is 7.47.